The Kier molecular flexibility index (Phi) is 3.63. The lowest BCUT2D eigenvalue weighted by Gasteiger charge is -2.35. The Morgan fingerprint density at radius 1 is 1.56 bits per heavy atom. The molecule has 1 aliphatic heterocycles. The minimum Gasteiger partial charge on any atom is -0.379 e. The Morgan fingerprint density at radius 3 is 2.83 bits per heavy atom. The van der Waals surface area contributed by atoms with Gasteiger partial charge in [-0.25, -0.2) is 4.98 Å². The molecule has 1 aromatic heterocycles. The summed E-state index contributed by atoms with van der Waals surface area (Å²) in [6.07, 6.45) is 0.225. The molecule has 1 fully saturated rings. The summed E-state index contributed by atoms with van der Waals surface area (Å²) >= 11 is 1.32. The van der Waals surface area contributed by atoms with E-state index in [2.05, 4.69) is 15.6 Å². The van der Waals surface area contributed by atoms with Crippen molar-refractivity contribution in [3.8, 4) is 0 Å². The van der Waals surface area contributed by atoms with E-state index in [1.807, 2.05) is 6.92 Å². The number of hydrogen-bond acceptors (Lipinski definition) is 5. The number of thiazole rings is 1. The van der Waals surface area contributed by atoms with Gasteiger partial charge in [-0.3, -0.25) is 9.59 Å². The second kappa shape index (κ2) is 5.03. The van der Waals surface area contributed by atoms with Crippen LogP contribution >= 0.6 is 11.3 Å². The first-order chi connectivity index (χ1) is 8.53. The number of amides is 2. The summed E-state index contributed by atoms with van der Waals surface area (Å²) in [5.41, 5.74) is 0.205. The van der Waals surface area contributed by atoms with Crippen LogP contribution in [0.15, 0.2) is 5.38 Å². The zero-order valence-corrected chi connectivity index (χ0v) is 11.1. The van der Waals surface area contributed by atoms with Crippen LogP contribution in [0.25, 0.3) is 0 Å². The summed E-state index contributed by atoms with van der Waals surface area (Å²) < 4.78 is 5.04. The molecule has 98 valence electrons. The molecule has 1 aliphatic rings. The number of rotatable bonds is 4. The molecule has 7 heteroatoms. The molecule has 2 rings (SSSR count). The predicted molar refractivity (Wildman–Crippen MR) is 67.4 cm³/mol. The summed E-state index contributed by atoms with van der Waals surface area (Å²) in [6, 6.07) is 0. The molecule has 0 aliphatic carbocycles. The van der Waals surface area contributed by atoms with Crippen molar-refractivity contribution in [1.29, 1.82) is 0 Å². The first-order valence-electron chi connectivity index (χ1n) is 5.58. The molecule has 0 radical (unpaired) electrons. The average molecular weight is 269 g/mol. The third-order valence-corrected chi connectivity index (χ3v) is 3.59. The average Bonchev–Trinajstić information content (AvgIpc) is 2.73. The van der Waals surface area contributed by atoms with E-state index in [4.69, 9.17) is 4.74 Å². The van der Waals surface area contributed by atoms with Gasteiger partial charge in [0, 0.05) is 12.4 Å². The van der Waals surface area contributed by atoms with Crippen molar-refractivity contribution < 1.29 is 14.3 Å². The fourth-order valence-electron chi connectivity index (χ4n) is 1.49. The Balaban J connectivity index is 1.94. The number of carbonyl (C=O) groups is 2. The summed E-state index contributed by atoms with van der Waals surface area (Å²) in [6.45, 7) is 2.73. The highest BCUT2D eigenvalue weighted by Crippen LogP contribution is 2.28. The number of likely N-dealkylation sites (N-methyl/N-ethyl adjacent to an activating group) is 1. The molecule has 2 heterocycles. The smallest absolute Gasteiger partial charge is 0.236 e. The molecule has 1 saturated heterocycles. The van der Waals surface area contributed by atoms with Gasteiger partial charge in [-0.1, -0.05) is 0 Å². The minimum absolute atomic E-state index is 0.0883. The highest BCUT2D eigenvalue weighted by molar-refractivity contribution is 7.13. The molecule has 2 amide bonds. The summed E-state index contributed by atoms with van der Waals surface area (Å²) in [7, 11) is 1.58. The van der Waals surface area contributed by atoms with Gasteiger partial charge in [0.05, 0.1) is 30.7 Å². The highest BCUT2D eigenvalue weighted by atomic mass is 32.1. The van der Waals surface area contributed by atoms with Gasteiger partial charge in [-0.05, 0) is 6.92 Å². The van der Waals surface area contributed by atoms with Crippen molar-refractivity contribution in [1.82, 2.24) is 10.3 Å². The maximum atomic E-state index is 11.9. The maximum Gasteiger partial charge on any atom is 0.236 e. The number of nitrogens with one attached hydrogen (secondary N) is 2. The van der Waals surface area contributed by atoms with Crippen molar-refractivity contribution in [2.45, 2.75) is 13.3 Å². The Morgan fingerprint density at radius 2 is 2.28 bits per heavy atom. The molecular formula is C11H15N3O3S. The van der Waals surface area contributed by atoms with Gasteiger partial charge in [0.15, 0.2) is 5.13 Å². The molecule has 6 nitrogen and oxygen atoms in total. The number of carbonyl (C=O) groups excluding carboxylic acids is 2. The van der Waals surface area contributed by atoms with Gasteiger partial charge in [-0.2, -0.15) is 0 Å². The molecule has 0 unspecified atom stereocenters. The van der Waals surface area contributed by atoms with Gasteiger partial charge in [0.25, 0.3) is 0 Å². The van der Waals surface area contributed by atoms with E-state index in [0.29, 0.717) is 24.0 Å². The van der Waals surface area contributed by atoms with Crippen molar-refractivity contribution in [2.75, 3.05) is 25.6 Å². The van der Waals surface area contributed by atoms with E-state index in [9.17, 15) is 9.59 Å². The summed E-state index contributed by atoms with van der Waals surface area (Å²) in [5.74, 6) is -0.188. The van der Waals surface area contributed by atoms with E-state index in [1.54, 1.807) is 12.4 Å². The number of aromatic nitrogens is 1. The Bertz CT molecular complexity index is 468. The van der Waals surface area contributed by atoms with Crippen LogP contribution < -0.4 is 10.6 Å². The zero-order chi connectivity index (χ0) is 13.2. The van der Waals surface area contributed by atoms with E-state index < -0.39 is 5.41 Å². The molecule has 2 N–H and O–H groups in total. The summed E-state index contributed by atoms with van der Waals surface area (Å²) in [4.78, 5) is 27.3. The number of hydrogen-bond donors (Lipinski definition) is 2. The number of nitrogens with zero attached hydrogens (tertiary/aromatic N) is 1. The van der Waals surface area contributed by atoms with Gasteiger partial charge >= 0.3 is 0 Å². The molecule has 0 aromatic carbocycles. The van der Waals surface area contributed by atoms with Crippen LogP contribution in [0.1, 0.15) is 12.6 Å². The molecule has 0 atom stereocenters. The van der Waals surface area contributed by atoms with Crippen molar-refractivity contribution in [3.05, 3.63) is 11.1 Å². The van der Waals surface area contributed by atoms with Gasteiger partial charge in [-0.15, -0.1) is 11.3 Å². The lowest BCUT2D eigenvalue weighted by molar-refractivity contribution is -0.151. The lowest BCUT2D eigenvalue weighted by atomic mass is 9.88. The Hall–Kier alpha value is -1.47. The second-order valence-corrected chi connectivity index (χ2v) is 5.36. The van der Waals surface area contributed by atoms with Crippen molar-refractivity contribution in [2.24, 2.45) is 5.41 Å². The van der Waals surface area contributed by atoms with Gasteiger partial charge < -0.3 is 15.4 Å². The van der Waals surface area contributed by atoms with E-state index in [0.717, 1.165) is 0 Å². The number of anilines is 1. The fourth-order valence-corrected chi connectivity index (χ4v) is 2.19. The molecular weight excluding hydrogens is 254 g/mol. The molecule has 0 bridgehead atoms. The standard InChI is InChI=1S/C11H15N3O3S/c1-11(5-17-6-11)9(16)14-10-13-7(4-18-10)3-8(15)12-2/h4H,3,5-6H2,1-2H3,(H,12,15)(H,13,14,16). The monoisotopic (exact) mass is 269 g/mol. The first-order valence-corrected chi connectivity index (χ1v) is 6.46. The third kappa shape index (κ3) is 2.68. The normalized spacial score (nSPS) is 16.8. The third-order valence-electron chi connectivity index (χ3n) is 2.78. The summed E-state index contributed by atoms with van der Waals surface area (Å²) in [5, 5.41) is 7.57. The fraction of sp³-hybridized carbons (Fsp3) is 0.545. The van der Waals surface area contributed by atoms with Crippen LogP contribution in [-0.4, -0.2) is 37.1 Å². The van der Waals surface area contributed by atoms with Crippen LogP contribution in [0.5, 0.6) is 0 Å². The SMILES string of the molecule is CNC(=O)Cc1csc(NC(=O)C2(C)COC2)n1. The van der Waals surface area contributed by atoms with Crippen LogP contribution in [-0.2, 0) is 20.7 Å². The molecule has 0 spiro atoms. The van der Waals surface area contributed by atoms with Crippen LogP contribution in [0.4, 0.5) is 5.13 Å². The largest absolute Gasteiger partial charge is 0.379 e. The van der Waals surface area contributed by atoms with E-state index in [1.165, 1.54) is 11.3 Å². The second-order valence-electron chi connectivity index (χ2n) is 4.50. The minimum atomic E-state index is -0.452. The van der Waals surface area contributed by atoms with Crippen molar-refractivity contribution in [3.63, 3.8) is 0 Å². The highest BCUT2D eigenvalue weighted by Gasteiger charge is 2.41. The zero-order valence-electron chi connectivity index (χ0n) is 10.3. The quantitative estimate of drug-likeness (QED) is 0.829. The van der Waals surface area contributed by atoms with Crippen molar-refractivity contribution >= 4 is 28.3 Å². The van der Waals surface area contributed by atoms with Crippen LogP contribution in [0.3, 0.4) is 0 Å². The Labute approximate surface area is 109 Å². The predicted octanol–water partition coefficient (Wildman–Crippen LogP) is 0.407. The molecule has 0 saturated carbocycles. The lowest BCUT2D eigenvalue weighted by Crippen LogP contribution is -2.49. The van der Waals surface area contributed by atoms with Gasteiger partial charge in [0.2, 0.25) is 11.8 Å². The van der Waals surface area contributed by atoms with Crippen LogP contribution in [0, 0.1) is 5.41 Å². The van der Waals surface area contributed by atoms with Crippen LogP contribution in [0.2, 0.25) is 0 Å². The van der Waals surface area contributed by atoms with E-state index >= 15 is 0 Å². The maximum absolute atomic E-state index is 11.9. The topological polar surface area (TPSA) is 80.3 Å². The molecule has 1 aromatic rings. The number of ether oxygens (including phenoxy) is 1. The molecule has 18 heavy (non-hydrogen) atoms. The first kappa shape index (κ1) is 13.0. The van der Waals surface area contributed by atoms with Gasteiger partial charge in [0.1, 0.15) is 0 Å². The van der Waals surface area contributed by atoms with E-state index in [-0.39, 0.29) is 18.2 Å².